The summed E-state index contributed by atoms with van der Waals surface area (Å²) in [6.07, 6.45) is 2.78. The highest BCUT2D eigenvalue weighted by molar-refractivity contribution is 7.87. The molecule has 1 rings (SSSR count). The van der Waals surface area contributed by atoms with Gasteiger partial charge in [-0.15, -0.1) is 0 Å². The Morgan fingerprint density at radius 1 is 1.42 bits per heavy atom. The van der Waals surface area contributed by atoms with E-state index < -0.39 is 27.6 Å². The maximum Gasteiger partial charge on any atom is 0.353 e. The first-order valence-corrected chi connectivity index (χ1v) is 7.91. The average Bonchev–Trinajstić information content (AvgIpc) is 2.26. The molecule has 0 aromatic heterocycles. The van der Waals surface area contributed by atoms with Gasteiger partial charge in [-0.2, -0.15) is 8.42 Å². The molecule has 0 amide bonds. The summed E-state index contributed by atoms with van der Waals surface area (Å²) in [5.74, 6) is -0.888. The van der Waals surface area contributed by atoms with E-state index in [1.54, 1.807) is 0 Å². The van der Waals surface area contributed by atoms with Crippen LogP contribution in [0.3, 0.4) is 0 Å². The second kappa shape index (κ2) is 5.76. The molecule has 3 unspecified atom stereocenters. The minimum atomic E-state index is -4.82. The molecule has 112 valence electrons. The van der Waals surface area contributed by atoms with Crippen LogP contribution in [0.4, 0.5) is 0 Å². The van der Waals surface area contributed by atoms with Crippen LogP contribution in [0, 0.1) is 11.3 Å². The topological polar surface area (TPSA) is 101 Å². The van der Waals surface area contributed by atoms with Crippen LogP contribution in [0.2, 0.25) is 0 Å². The van der Waals surface area contributed by atoms with Crippen LogP contribution >= 0.6 is 0 Å². The van der Waals surface area contributed by atoms with Crippen molar-refractivity contribution in [2.45, 2.75) is 58.0 Å². The Kier molecular flexibility index (Phi) is 4.97. The molecule has 0 aromatic carbocycles. The van der Waals surface area contributed by atoms with E-state index in [0.29, 0.717) is 18.8 Å². The van der Waals surface area contributed by atoms with Crippen molar-refractivity contribution in [3.8, 4) is 0 Å². The first-order chi connectivity index (χ1) is 8.56. The Morgan fingerprint density at radius 3 is 2.47 bits per heavy atom. The van der Waals surface area contributed by atoms with E-state index in [-0.39, 0.29) is 5.41 Å². The minimum absolute atomic E-state index is 0.0340. The highest BCUT2D eigenvalue weighted by Gasteiger charge is 2.38. The summed E-state index contributed by atoms with van der Waals surface area (Å²) in [4.78, 5) is 11.4. The van der Waals surface area contributed by atoms with E-state index in [1.165, 1.54) is 0 Å². The summed E-state index contributed by atoms with van der Waals surface area (Å²) >= 11 is 0. The average molecular weight is 294 g/mol. The molecule has 2 N–H and O–H groups in total. The summed E-state index contributed by atoms with van der Waals surface area (Å²) < 4.78 is 34.9. The fourth-order valence-electron chi connectivity index (χ4n) is 2.43. The quantitative estimate of drug-likeness (QED) is 0.599. The van der Waals surface area contributed by atoms with Crippen LogP contribution in [0.25, 0.3) is 0 Å². The number of carbonyl (C=O) groups excluding carboxylic acids is 1. The van der Waals surface area contributed by atoms with Crippen molar-refractivity contribution in [2.24, 2.45) is 11.3 Å². The first-order valence-electron chi connectivity index (χ1n) is 6.41. The first kappa shape index (κ1) is 16.4. The minimum Gasteiger partial charge on any atom is -0.460 e. The van der Waals surface area contributed by atoms with Crippen LogP contribution in [0.1, 0.15) is 46.5 Å². The third-order valence-electron chi connectivity index (χ3n) is 4.13. The Bertz CT molecular complexity index is 430. The molecule has 0 radical (unpaired) electrons. The fraction of sp³-hybridized carbons (Fsp3) is 0.917. The predicted molar refractivity (Wildman–Crippen MR) is 68.8 cm³/mol. The number of esters is 1. The molecule has 1 aliphatic carbocycles. The number of rotatable bonds is 4. The van der Waals surface area contributed by atoms with E-state index in [4.69, 9.17) is 14.4 Å². The number of ether oxygens (including phenoxy) is 1. The fourth-order valence-corrected chi connectivity index (χ4v) is 2.73. The van der Waals surface area contributed by atoms with Gasteiger partial charge < -0.3 is 9.84 Å². The molecule has 0 aromatic rings. The largest absolute Gasteiger partial charge is 0.460 e. The summed E-state index contributed by atoms with van der Waals surface area (Å²) in [6, 6.07) is 0. The molecule has 1 saturated carbocycles. The van der Waals surface area contributed by atoms with Crippen LogP contribution in [-0.4, -0.2) is 35.6 Å². The summed E-state index contributed by atoms with van der Waals surface area (Å²) in [5.41, 5.74) is -2.48. The summed E-state index contributed by atoms with van der Waals surface area (Å²) in [6.45, 7) is 6.30. The van der Waals surface area contributed by atoms with Gasteiger partial charge in [-0.1, -0.05) is 20.8 Å². The molecule has 0 saturated heterocycles. The van der Waals surface area contributed by atoms with E-state index in [2.05, 4.69) is 20.8 Å². The van der Waals surface area contributed by atoms with Gasteiger partial charge in [0.25, 0.3) is 5.44 Å². The molecule has 19 heavy (non-hydrogen) atoms. The number of aliphatic hydroxyl groups excluding tert-OH is 1. The van der Waals surface area contributed by atoms with Gasteiger partial charge in [0, 0.05) is 0 Å². The zero-order valence-corrected chi connectivity index (χ0v) is 12.3. The molecule has 0 bridgehead atoms. The van der Waals surface area contributed by atoms with Crippen molar-refractivity contribution >= 4 is 16.1 Å². The molecule has 3 atom stereocenters. The zero-order chi connectivity index (χ0) is 14.8. The summed E-state index contributed by atoms with van der Waals surface area (Å²) in [5, 5.41) is 9.11. The number of hydrogen-bond donors (Lipinski definition) is 2. The van der Waals surface area contributed by atoms with E-state index in [0.717, 1.165) is 12.8 Å². The van der Waals surface area contributed by atoms with Gasteiger partial charge in [-0.25, -0.2) is 4.79 Å². The number of carbonyl (C=O) groups is 1. The van der Waals surface area contributed by atoms with Crippen LogP contribution in [0.5, 0.6) is 0 Å². The van der Waals surface area contributed by atoms with Gasteiger partial charge in [0.1, 0.15) is 6.10 Å². The second-order valence-corrected chi connectivity index (χ2v) is 7.31. The Labute approximate surface area is 113 Å². The van der Waals surface area contributed by atoms with E-state index in [9.17, 15) is 13.2 Å². The monoisotopic (exact) mass is 294 g/mol. The molecular formula is C12H22O6S. The third-order valence-corrected chi connectivity index (χ3v) is 4.89. The van der Waals surface area contributed by atoms with E-state index >= 15 is 0 Å². The van der Waals surface area contributed by atoms with Gasteiger partial charge in [0.2, 0.25) is 0 Å². The molecule has 0 spiro atoms. The normalized spacial score (nSPS) is 30.1. The molecule has 1 fully saturated rings. The lowest BCUT2D eigenvalue weighted by Gasteiger charge is -2.41. The van der Waals surface area contributed by atoms with Gasteiger partial charge in [-0.3, -0.25) is 4.55 Å². The smallest absolute Gasteiger partial charge is 0.353 e. The maximum atomic E-state index is 11.4. The molecule has 0 aliphatic heterocycles. The lowest BCUT2D eigenvalue weighted by atomic mass is 9.67. The Balaban J connectivity index is 2.66. The van der Waals surface area contributed by atoms with Crippen molar-refractivity contribution < 1.29 is 27.6 Å². The Hall–Kier alpha value is -0.660. The van der Waals surface area contributed by atoms with Crippen molar-refractivity contribution in [1.82, 2.24) is 0 Å². The van der Waals surface area contributed by atoms with Crippen molar-refractivity contribution in [2.75, 3.05) is 0 Å². The number of hydrogen-bond acceptors (Lipinski definition) is 5. The highest BCUT2D eigenvalue weighted by Crippen LogP contribution is 2.42. The zero-order valence-electron chi connectivity index (χ0n) is 11.5. The van der Waals surface area contributed by atoms with Crippen LogP contribution in [0.15, 0.2) is 0 Å². The standard InChI is InChI=1S/C12H22O6S/c1-8(2)12(3)6-4-5-9(7-12)18-10(13)11(14)19(15,16)17/h8-9,11,14H,4-7H2,1-3H3,(H,15,16,17). The highest BCUT2D eigenvalue weighted by atomic mass is 32.2. The molecular weight excluding hydrogens is 272 g/mol. The SMILES string of the molecule is CC(C)C1(C)CCCC(OC(=O)C(O)S(=O)(=O)O)C1. The molecule has 0 heterocycles. The predicted octanol–water partition coefficient (Wildman–Crippen LogP) is 1.34. The van der Waals surface area contributed by atoms with Gasteiger partial charge in [0.05, 0.1) is 0 Å². The van der Waals surface area contributed by atoms with Crippen molar-refractivity contribution in [3.63, 3.8) is 0 Å². The molecule has 1 aliphatic rings. The maximum absolute atomic E-state index is 11.4. The van der Waals surface area contributed by atoms with Gasteiger partial charge >= 0.3 is 16.1 Å². The second-order valence-electron chi connectivity index (χ2n) is 5.83. The van der Waals surface area contributed by atoms with Crippen LogP contribution in [-0.2, 0) is 19.6 Å². The molecule has 6 nitrogen and oxygen atoms in total. The third kappa shape index (κ3) is 4.15. The van der Waals surface area contributed by atoms with Gasteiger partial charge in [-0.05, 0) is 37.0 Å². The number of aliphatic hydroxyl groups is 1. The Morgan fingerprint density at radius 2 is 2.00 bits per heavy atom. The van der Waals surface area contributed by atoms with Crippen molar-refractivity contribution in [1.29, 1.82) is 0 Å². The van der Waals surface area contributed by atoms with Gasteiger partial charge in [0.15, 0.2) is 0 Å². The summed E-state index contributed by atoms with van der Waals surface area (Å²) in [7, 11) is -4.82. The van der Waals surface area contributed by atoms with Crippen LogP contribution < -0.4 is 0 Å². The lowest BCUT2D eigenvalue weighted by Crippen LogP contribution is -2.39. The lowest BCUT2D eigenvalue weighted by molar-refractivity contribution is -0.159. The van der Waals surface area contributed by atoms with E-state index in [1.807, 2.05) is 0 Å². The van der Waals surface area contributed by atoms with Crippen molar-refractivity contribution in [3.05, 3.63) is 0 Å². The molecule has 7 heteroatoms.